The number of sulfonamides is 1. The minimum absolute atomic E-state index is 0.0321. The highest BCUT2D eigenvalue weighted by atomic mass is 32.2. The smallest absolute Gasteiger partial charge is 0.253 e. The van der Waals surface area contributed by atoms with Gasteiger partial charge in [-0.3, -0.25) is 9.59 Å². The largest absolute Gasteiger partial charge is 0.353 e. The summed E-state index contributed by atoms with van der Waals surface area (Å²) in [6.07, 6.45) is 3.05. The van der Waals surface area contributed by atoms with Crippen LogP contribution in [0.25, 0.3) is 21.3 Å². The van der Waals surface area contributed by atoms with Gasteiger partial charge in [-0.1, -0.05) is 42.5 Å². The van der Waals surface area contributed by atoms with Crippen molar-refractivity contribution in [2.75, 3.05) is 25.4 Å². The minimum Gasteiger partial charge on any atom is -0.353 e. The second-order valence-electron chi connectivity index (χ2n) is 10.9. The predicted octanol–water partition coefficient (Wildman–Crippen LogP) is 3.96. The zero-order valence-electron chi connectivity index (χ0n) is 24.2. The van der Waals surface area contributed by atoms with Crippen molar-refractivity contribution in [2.45, 2.75) is 37.4 Å². The SMILES string of the molecule is Cc1cc2nc(C(Cc3ccccc3)(C(=O)NCCS(N)(=O)=O)S(=O)O)sc2cc1-c1ccc(C(=O)N2CCCCC2)cc1. The van der Waals surface area contributed by atoms with E-state index in [0.29, 0.717) is 21.3 Å². The summed E-state index contributed by atoms with van der Waals surface area (Å²) in [4.78, 5) is 33.2. The van der Waals surface area contributed by atoms with E-state index < -0.39 is 37.5 Å². The Bertz CT molecular complexity index is 1800. The highest BCUT2D eigenvalue weighted by Gasteiger charge is 2.49. The fourth-order valence-electron chi connectivity index (χ4n) is 5.44. The number of piperidine rings is 1. The van der Waals surface area contributed by atoms with Crippen molar-refractivity contribution in [1.82, 2.24) is 15.2 Å². The second kappa shape index (κ2) is 13.2. The lowest BCUT2D eigenvalue weighted by atomic mass is 9.97. The number of carbonyl (C=O) groups is 2. The molecule has 1 fully saturated rings. The summed E-state index contributed by atoms with van der Waals surface area (Å²) in [5, 5.41) is 7.72. The van der Waals surface area contributed by atoms with Crippen LogP contribution >= 0.6 is 11.3 Å². The van der Waals surface area contributed by atoms with Crippen LogP contribution in [-0.2, 0) is 37.1 Å². The van der Waals surface area contributed by atoms with Crippen LogP contribution in [0, 0.1) is 6.92 Å². The molecule has 3 aromatic carbocycles. The Kier molecular flexibility index (Phi) is 9.61. The van der Waals surface area contributed by atoms with Gasteiger partial charge in [-0.15, -0.1) is 11.3 Å². The molecule has 0 radical (unpaired) electrons. The molecule has 0 aliphatic carbocycles. The maximum absolute atomic E-state index is 13.7. The van der Waals surface area contributed by atoms with Gasteiger partial charge in [0.25, 0.3) is 5.91 Å². The molecule has 44 heavy (non-hydrogen) atoms. The molecule has 2 atom stereocenters. The van der Waals surface area contributed by atoms with Crippen molar-refractivity contribution < 1.29 is 26.8 Å². The highest BCUT2D eigenvalue weighted by molar-refractivity contribution is 7.89. The molecule has 5 rings (SSSR count). The number of carbonyl (C=O) groups excluding carboxylic acids is 2. The van der Waals surface area contributed by atoms with Crippen LogP contribution in [0.1, 0.15) is 45.8 Å². The fourth-order valence-corrected chi connectivity index (χ4v) is 7.94. The van der Waals surface area contributed by atoms with Gasteiger partial charge in [0.15, 0.2) is 11.1 Å². The molecule has 1 aliphatic heterocycles. The highest BCUT2D eigenvalue weighted by Crippen LogP contribution is 2.39. The van der Waals surface area contributed by atoms with E-state index in [0.717, 1.165) is 60.4 Å². The van der Waals surface area contributed by atoms with E-state index in [2.05, 4.69) is 10.3 Å². The standard InChI is InChI=1S/C31H34N4O6S3/c1-21-18-26-27(19-25(21)23-10-12-24(13-11-23)28(36)35-15-6-3-7-16-35)42-30(34-26)31(43(38)39,20-22-8-4-2-5-9-22)29(37)33-14-17-44(32,40)41/h2,4-5,8-13,18-19H,3,6-7,14-17,20H2,1H3,(H,33,37)(H,38,39)(H2,32,40,41). The molecule has 1 aromatic heterocycles. The Hall–Kier alpha value is -3.49. The number of hydrogen-bond donors (Lipinski definition) is 3. The molecule has 2 unspecified atom stereocenters. The zero-order valence-corrected chi connectivity index (χ0v) is 26.6. The van der Waals surface area contributed by atoms with Crippen LogP contribution in [0.5, 0.6) is 0 Å². The first-order valence-corrected chi connectivity index (χ1v) is 17.9. The summed E-state index contributed by atoms with van der Waals surface area (Å²) in [6.45, 7) is 3.16. The molecular weight excluding hydrogens is 621 g/mol. The lowest BCUT2D eigenvalue weighted by Gasteiger charge is -2.27. The summed E-state index contributed by atoms with van der Waals surface area (Å²) in [6, 6.07) is 20.1. The molecule has 232 valence electrons. The third-order valence-electron chi connectivity index (χ3n) is 7.80. The number of thiazole rings is 1. The Morgan fingerprint density at radius 2 is 1.75 bits per heavy atom. The Morgan fingerprint density at radius 1 is 1.07 bits per heavy atom. The first kappa shape index (κ1) is 31.9. The number of likely N-dealkylation sites (tertiary alicyclic amines) is 1. The Labute approximate surface area is 263 Å². The number of hydrogen-bond acceptors (Lipinski definition) is 7. The topological polar surface area (TPSA) is 160 Å². The summed E-state index contributed by atoms with van der Waals surface area (Å²) >= 11 is -1.60. The van der Waals surface area contributed by atoms with Gasteiger partial charge < -0.3 is 14.8 Å². The first-order valence-electron chi connectivity index (χ1n) is 14.2. The van der Waals surface area contributed by atoms with Crippen molar-refractivity contribution in [2.24, 2.45) is 5.14 Å². The Morgan fingerprint density at radius 3 is 2.39 bits per heavy atom. The molecule has 1 saturated heterocycles. The van der Waals surface area contributed by atoms with Gasteiger partial charge in [0.1, 0.15) is 5.01 Å². The van der Waals surface area contributed by atoms with Gasteiger partial charge in [0.2, 0.25) is 20.7 Å². The quantitative estimate of drug-likeness (QED) is 0.218. The molecule has 0 saturated carbocycles. The molecule has 0 spiro atoms. The number of nitrogens with one attached hydrogen (secondary N) is 1. The lowest BCUT2D eigenvalue weighted by molar-refractivity contribution is -0.123. The van der Waals surface area contributed by atoms with Crippen LogP contribution in [0.3, 0.4) is 0 Å². The zero-order chi connectivity index (χ0) is 31.5. The number of nitrogens with two attached hydrogens (primary N) is 1. The fraction of sp³-hybridized carbons (Fsp3) is 0.323. The molecular formula is C31H34N4O6S3. The summed E-state index contributed by atoms with van der Waals surface area (Å²) in [5.74, 6) is -1.32. The molecule has 13 heteroatoms. The van der Waals surface area contributed by atoms with E-state index in [9.17, 15) is 26.8 Å². The van der Waals surface area contributed by atoms with E-state index in [1.54, 1.807) is 30.3 Å². The second-order valence-corrected chi connectivity index (χ2v) is 14.9. The number of rotatable bonds is 10. The molecule has 1 aliphatic rings. The molecule has 4 aromatic rings. The van der Waals surface area contributed by atoms with E-state index in [4.69, 9.17) is 5.14 Å². The number of primary sulfonamides is 1. The number of amides is 2. The third-order valence-corrected chi connectivity index (χ3v) is 11.0. The molecule has 10 nitrogen and oxygen atoms in total. The van der Waals surface area contributed by atoms with Crippen LogP contribution in [-0.4, -0.2) is 64.3 Å². The monoisotopic (exact) mass is 654 g/mol. The maximum Gasteiger partial charge on any atom is 0.253 e. The third kappa shape index (κ3) is 6.92. The van der Waals surface area contributed by atoms with Crippen molar-refractivity contribution in [3.8, 4) is 11.1 Å². The van der Waals surface area contributed by atoms with E-state index in [1.165, 1.54) is 0 Å². The van der Waals surface area contributed by atoms with Gasteiger partial charge in [-0.25, -0.2) is 22.7 Å². The summed E-state index contributed by atoms with van der Waals surface area (Å²) < 4.78 is 45.4. The minimum atomic E-state index is -3.87. The van der Waals surface area contributed by atoms with Crippen molar-refractivity contribution in [3.05, 3.63) is 88.4 Å². The molecule has 4 N–H and O–H groups in total. The van der Waals surface area contributed by atoms with Crippen LogP contribution in [0.2, 0.25) is 0 Å². The normalized spacial score (nSPS) is 15.9. The van der Waals surface area contributed by atoms with Crippen molar-refractivity contribution in [3.63, 3.8) is 0 Å². The van der Waals surface area contributed by atoms with Gasteiger partial charge in [0, 0.05) is 31.6 Å². The predicted molar refractivity (Wildman–Crippen MR) is 173 cm³/mol. The summed E-state index contributed by atoms with van der Waals surface area (Å²) in [5.41, 5.74) is 4.53. The number of aryl methyl sites for hydroxylation is 1. The van der Waals surface area contributed by atoms with Crippen molar-refractivity contribution in [1.29, 1.82) is 0 Å². The molecule has 2 amide bonds. The summed E-state index contributed by atoms with van der Waals surface area (Å²) in [7, 11) is -3.87. The van der Waals surface area contributed by atoms with E-state index in [-0.39, 0.29) is 23.9 Å². The molecule has 0 bridgehead atoms. The number of nitrogens with zero attached hydrogens (tertiary/aromatic N) is 2. The maximum atomic E-state index is 13.7. The van der Waals surface area contributed by atoms with Gasteiger partial charge in [-0.2, -0.15) is 0 Å². The number of fused-ring (bicyclic) bond motifs is 1. The number of benzene rings is 3. The van der Waals surface area contributed by atoms with Gasteiger partial charge in [-0.05, 0) is 72.7 Å². The Balaban J connectivity index is 1.51. The van der Waals surface area contributed by atoms with E-state index >= 15 is 0 Å². The average molecular weight is 655 g/mol. The van der Waals surface area contributed by atoms with Crippen LogP contribution in [0.15, 0.2) is 66.7 Å². The van der Waals surface area contributed by atoms with Crippen LogP contribution in [0.4, 0.5) is 0 Å². The average Bonchev–Trinajstić information content (AvgIpc) is 3.42. The molecule has 2 heterocycles. The lowest BCUT2D eigenvalue weighted by Crippen LogP contribution is -2.50. The number of aromatic nitrogens is 1. The van der Waals surface area contributed by atoms with Gasteiger partial charge >= 0.3 is 0 Å². The van der Waals surface area contributed by atoms with Crippen LogP contribution < -0.4 is 10.5 Å². The van der Waals surface area contributed by atoms with Gasteiger partial charge in [0.05, 0.1) is 16.0 Å². The van der Waals surface area contributed by atoms with Crippen molar-refractivity contribution >= 4 is 54.5 Å². The first-order chi connectivity index (χ1) is 21.0. The van der Waals surface area contributed by atoms with E-state index in [1.807, 2.05) is 48.2 Å².